The lowest BCUT2D eigenvalue weighted by Gasteiger charge is -2.10. The predicted octanol–water partition coefficient (Wildman–Crippen LogP) is 3.93. The summed E-state index contributed by atoms with van der Waals surface area (Å²) in [5, 5.41) is 3.31. The molecule has 0 radical (unpaired) electrons. The summed E-state index contributed by atoms with van der Waals surface area (Å²) in [5.41, 5.74) is 9.88. The second kappa shape index (κ2) is 4.74. The summed E-state index contributed by atoms with van der Waals surface area (Å²) in [7, 11) is 0. The Hall–Kier alpha value is -1.23. The normalized spacial score (nSPS) is 10.1. The van der Waals surface area contributed by atoms with Crippen molar-refractivity contribution in [2.24, 2.45) is 0 Å². The molecule has 0 heterocycles. The Kier molecular flexibility index (Phi) is 3.33. The Morgan fingerprint density at radius 1 is 1.06 bits per heavy atom. The van der Waals surface area contributed by atoms with Crippen LogP contribution in [0.5, 0.6) is 0 Å². The summed E-state index contributed by atoms with van der Waals surface area (Å²) < 4.78 is 1.22. The smallest absolute Gasteiger partial charge is 0.0620 e. The fourth-order valence-corrected chi connectivity index (χ4v) is 1.83. The van der Waals surface area contributed by atoms with Gasteiger partial charge in [0.2, 0.25) is 0 Å². The van der Waals surface area contributed by atoms with Gasteiger partial charge in [0.25, 0.3) is 0 Å². The van der Waals surface area contributed by atoms with Crippen LogP contribution in [0.1, 0.15) is 5.56 Å². The molecule has 0 aliphatic rings. The van der Waals surface area contributed by atoms with Gasteiger partial charge in [-0.3, -0.25) is 0 Å². The molecule has 82 valence electrons. The molecule has 16 heavy (non-hydrogen) atoms. The fraction of sp³-hybridized carbons (Fsp3) is 0.0769. The highest BCUT2D eigenvalue weighted by atomic mass is 127. The number of nitrogen functional groups attached to an aromatic ring is 1. The second-order valence-corrected chi connectivity index (χ2v) is 4.97. The molecule has 0 atom stereocenters. The zero-order chi connectivity index (χ0) is 11.5. The van der Waals surface area contributed by atoms with Crippen molar-refractivity contribution < 1.29 is 0 Å². The quantitative estimate of drug-likeness (QED) is 0.649. The van der Waals surface area contributed by atoms with Crippen LogP contribution in [0.15, 0.2) is 42.5 Å². The summed E-state index contributed by atoms with van der Waals surface area (Å²) in [6.07, 6.45) is 0. The van der Waals surface area contributed by atoms with Gasteiger partial charge in [-0.15, -0.1) is 0 Å². The Morgan fingerprint density at radius 2 is 1.75 bits per heavy atom. The molecule has 2 aromatic rings. The molecule has 2 rings (SSSR count). The average Bonchev–Trinajstić information content (AvgIpc) is 2.27. The van der Waals surface area contributed by atoms with Gasteiger partial charge in [0.1, 0.15) is 0 Å². The van der Waals surface area contributed by atoms with Crippen LogP contribution in [0.4, 0.5) is 17.1 Å². The van der Waals surface area contributed by atoms with Crippen molar-refractivity contribution in [2.75, 3.05) is 11.1 Å². The first kappa shape index (κ1) is 11.3. The van der Waals surface area contributed by atoms with Crippen molar-refractivity contribution in [1.29, 1.82) is 0 Å². The number of nitrogens with two attached hydrogens (primary N) is 1. The van der Waals surface area contributed by atoms with Gasteiger partial charge >= 0.3 is 0 Å². The first-order valence-corrected chi connectivity index (χ1v) is 6.12. The third-order valence-electron chi connectivity index (χ3n) is 2.33. The van der Waals surface area contributed by atoms with Crippen molar-refractivity contribution >= 4 is 39.7 Å². The third-order valence-corrected chi connectivity index (χ3v) is 3.05. The topological polar surface area (TPSA) is 38.0 Å². The van der Waals surface area contributed by atoms with E-state index in [9.17, 15) is 0 Å². The van der Waals surface area contributed by atoms with Crippen LogP contribution < -0.4 is 11.1 Å². The standard InChI is InChI=1S/C13H13IN2/c1-9-2-7-12(15)13(8-9)16-11-5-3-10(14)4-6-11/h2-8,16H,15H2,1H3. The van der Waals surface area contributed by atoms with E-state index in [-0.39, 0.29) is 0 Å². The molecule has 0 amide bonds. The summed E-state index contributed by atoms with van der Waals surface area (Å²) >= 11 is 2.29. The number of halogens is 1. The highest BCUT2D eigenvalue weighted by molar-refractivity contribution is 14.1. The molecule has 2 aromatic carbocycles. The first-order chi connectivity index (χ1) is 7.65. The number of benzene rings is 2. The van der Waals surface area contributed by atoms with Crippen molar-refractivity contribution in [3.8, 4) is 0 Å². The molecule has 0 fully saturated rings. The first-order valence-electron chi connectivity index (χ1n) is 5.04. The van der Waals surface area contributed by atoms with Gasteiger partial charge in [0, 0.05) is 9.26 Å². The van der Waals surface area contributed by atoms with Gasteiger partial charge < -0.3 is 11.1 Å². The molecule has 0 aromatic heterocycles. The molecule has 0 saturated heterocycles. The van der Waals surface area contributed by atoms with Gasteiger partial charge in [-0.05, 0) is 71.5 Å². The maximum Gasteiger partial charge on any atom is 0.0620 e. The monoisotopic (exact) mass is 324 g/mol. The number of hydrogen-bond acceptors (Lipinski definition) is 2. The summed E-state index contributed by atoms with van der Waals surface area (Å²) in [4.78, 5) is 0. The Balaban J connectivity index is 2.26. The van der Waals surface area contributed by atoms with Gasteiger partial charge in [0.05, 0.1) is 11.4 Å². The minimum atomic E-state index is 0.768. The van der Waals surface area contributed by atoms with E-state index >= 15 is 0 Å². The molecule has 0 aliphatic heterocycles. The Labute approximate surface area is 109 Å². The van der Waals surface area contributed by atoms with Crippen molar-refractivity contribution in [2.45, 2.75) is 6.92 Å². The summed E-state index contributed by atoms with van der Waals surface area (Å²) in [5.74, 6) is 0. The number of anilines is 3. The highest BCUT2D eigenvalue weighted by Crippen LogP contribution is 2.24. The molecule has 0 aliphatic carbocycles. The van der Waals surface area contributed by atoms with E-state index in [1.807, 2.05) is 30.3 Å². The average molecular weight is 324 g/mol. The van der Waals surface area contributed by atoms with Crippen molar-refractivity contribution in [3.63, 3.8) is 0 Å². The summed E-state index contributed by atoms with van der Waals surface area (Å²) in [6, 6.07) is 14.2. The Bertz CT molecular complexity index is 492. The lowest BCUT2D eigenvalue weighted by atomic mass is 10.2. The van der Waals surface area contributed by atoms with Gasteiger partial charge in [-0.1, -0.05) is 6.07 Å². The predicted molar refractivity (Wildman–Crippen MR) is 78.0 cm³/mol. The van der Waals surface area contributed by atoms with Crippen molar-refractivity contribution in [3.05, 3.63) is 51.6 Å². The van der Waals surface area contributed by atoms with E-state index in [0.717, 1.165) is 17.1 Å². The van der Waals surface area contributed by atoms with Crippen molar-refractivity contribution in [1.82, 2.24) is 0 Å². The van der Waals surface area contributed by atoms with E-state index in [4.69, 9.17) is 5.73 Å². The van der Waals surface area contributed by atoms with Crippen LogP contribution in [0.2, 0.25) is 0 Å². The van der Waals surface area contributed by atoms with E-state index in [1.54, 1.807) is 0 Å². The largest absolute Gasteiger partial charge is 0.397 e. The molecule has 3 heteroatoms. The second-order valence-electron chi connectivity index (χ2n) is 3.72. The zero-order valence-corrected chi connectivity index (χ0v) is 11.2. The van der Waals surface area contributed by atoms with E-state index in [0.29, 0.717) is 0 Å². The molecular weight excluding hydrogens is 311 g/mol. The molecular formula is C13H13IN2. The van der Waals surface area contributed by atoms with E-state index in [2.05, 4.69) is 47.0 Å². The van der Waals surface area contributed by atoms with Crippen LogP contribution in [0.25, 0.3) is 0 Å². The van der Waals surface area contributed by atoms with Gasteiger partial charge in [-0.2, -0.15) is 0 Å². The van der Waals surface area contributed by atoms with E-state index in [1.165, 1.54) is 9.13 Å². The third kappa shape index (κ3) is 2.66. The molecule has 0 spiro atoms. The number of nitrogens with one attached hydrogen (secondary N) is 1. The lowest BCUT2D eigenvalue weighted by molar-refractivity contribution is 1.45. The van der Waals surface area contributed by atoms with Crippen LogP contribution in [-0.4, -0.2) is 0 Å². The number of rotatable bonds is 2. The molecule has 0 unspecified atom stereocenters. The van der Waals surface area contributed by atoms with Crippen LogP contribution >= 0.6 is 22.6 Å². The number of hydrogen-bond donors (Lipinski definition) is 2. The Morgan fingerprint density at radius 3 is 2.44 bits per heavy atom. The van der Waals surface area contributed by atoms with E-state index < -0.39 is 0 Å². The highest BCUT2D eigenvalue weighted by Gasteiger charge is 1.99. The zero-order valence-electron chi connectivity index (χ0n) is 9.00. The SMILES string of the molecule is Cc1ccc(N)c(Nc2ccc(I)cc2)c1. The van der Waals surface area contributed by atoms with Gasteiger partial charge in [-0.25, -0.2) is 0 Å². The molecule has 3 N–H and O–H groups in total. The van der Waals surface area contributed by atoms with Crippen LogP contribution in [0, 0.1) is 10.5 Å². The maximum absolute atomic E-state index is 5.90. The van der Waals surface area contributed by atoms with Crippen LogP contribution in [0.3, 0.4) is 0 Å². The summed E-state index contributed by atoms with van der Waals surface area (Å²) in [6.45, 7) is 2.05. The van der Waals surface area contributed by atoms with Crippen LogP contribution in [-0.2, 0) is 0 Å². The van der Waals surface area contributed by atoms with Gasteiger partial charge in [0.15, 0.2) is 0 Å². The minimum absolute atomic E-state index is 0.768. The fourth-order valence-electron chi connectivity index (χ4n) is 1.47. The number of aryl methyl sites for hydroxylation is 1. The minimum Gasteiger partial charge on any atom is -0.397 e. The molecule has 0 bridgehead atoms. The molecule has 0 saturated carbocycles. The molecule has 2 nitrogen and oxygen atoms in total. The maximum atomic E-state index is 5.90. The lowest BCUT2D eigenvalue weighted by Crippen LogP contribution is -1.96.